The molecule has 0 radical (unpaired) electrons. The van der Waals surface area contributed by atoms with Gasteiger partial charge in [-0.3, -0.25) is 20.2 Å². The zero-order valence-electron chi connectivity index (χ0n) is 22.2. The molecule has 0 saturated carbocycles. The fraction of sp³-hybridized carbons (Fsp3) is 0.0400. The van der Waals surface area contributed by atoms with Gasteiger partial charge in [0.2, 0.25) is 20.0 Å². The van der Waals surface area contributed by atoms with Crippen LogP contribution in [0.2, 0.25) is 5.02 Å². The minimum absolute atomic E-state index is 0. The van der Waals surface area contributed by atoms with E-state index in [2.05, 4.69) is 45.2 Å². The van der Waals surface area contributed by atoms with Crippen molar-refractivity contribution in [2.45, 2.75) is 17.2 Å². The molecule has 20 heteroatoms. The molecule has 0 amide bonds. The molecule has 0 unspecified atom stereocenters. The third-order valence-electron chi connectivity index (χ3n) is 4.70. The first-order valence-electron chi connectivity index (χ1n) is 11.0. The molecule has 4 N–H and O–H groups in total. The molecule has 4 aromatic carbocycles. The van der Waals surface area contributed by atoms with Gasteiger partial charge >= 0.3 is 29.6 Å². The van der Waals surface area contributed by atoms with Gasteiger partial charge in [-0.1, -0.05) is 43.3 Å². The van der Waals surface area contributed by atoms with Crippen molar-refractivity contribution in [1.29, 1.82) is 0 Å². The number of nitrogens with two attached hydrogens (primary N) is 2. The standard InChI is InChI=1S/C12H9IN2O5S.C6H5ClN2O4S.C6H5IO.CH4.Na/c13-8-2-1-3-10(6-8)20-11-5-4-9(15(16)17)7-12(11)21(14,18)19;7-5-2-1-4(9(10)11)3-6(5)14(8,12)13;7-5-2-1-3-6(8)4-5;;/h1-7H,(H2,14,18,19);1-3H,(H2,8,12,13);1-4,8H;1H4;/q;;;;+1/p-1. The van der Waals surface area contributed by atoms with Gasteiger partial charge in [-0.05, 0) is 81.6 Å². The van der Waals surface area contributed by atoms with Crippen LogP contribution in [0.3, 0.4) is 0 Å². The van der Waals surface area contributed by atoms with Crippen molar-refractivity contribution in [3.05, 3.63) is 117 Å². The van der Waals surface area contributed by atoms with Crippen LogP contribution in [-0.2, 0) is 20.0 Å². The smallest absolute Gasteiger partial charge is 0.872 e. The maximum atomic E-state index is 11.6. The van der Waals surface area contributed by atoms with Crippen LogP contribution in [0.1, 0.15) is 7.43 Å². The average Bonchev–Trinajstić information content (AvgIpc) is 2.88. The number of hydrogen-bond acceptors (Lipinski definition) is 10. The van der Waals surface area contributed by atoms with Gasteiger partial charge in [0.1, 0.15) is 21.3 Å². The van der Waals surface area contributed by atoms with Crippen LogP contribution in [0.25, 0.3) is 0 Å². The molecule has 0 aliphatic heterocycles. The zero-order valence-corrected chi connectivity index (χ0v) is 30.9. The Hall–Kier alpha value is -2.15. The number of nitro groups is 2. The SMILES string of the molecule is C.NS(=O)(=O)c1cc([N+](=O)[O-])ccc1Cl.NS(=O)(=O)c1cc([N+](=O)[O-])ccc1Oc1cccc(I)c1.[Na+].[O-]c1cccc(I)c1. The predicted molar refractivity (Wildman–Crippen MR) is 179 cm³/mol. The van der Waals surface area contributed by atoms with E-state index < -0.39 is 39.7 Å². The summed E-state index contributed by atoms with van der Waals surface area (Å²) in [5, 5.41) is 41.3. The Balaban J connectivity index is 0.000000697. The monoisotopic (exact) mass is 914 g/mol. The first-order valence-corrected chi connectivity index (χ1v) is 16.7. The quantitative estimate of drug-likeness (QED) is 0.124. The summed E-state index contributed by atoms with van der Waals surface area (Å²) in [6.07, 6.45) is 0. The number of non-ortho nitro benzene ring substituents is 2. The summed E-state index contributed by atoms with van der Waals surface area (Å²) in [7, 11) is -8.18. The fourth-order valence-corrected chi connectivity index (χ4v) is 5.63. The molecule has 45 heavy (non-hydrogen) atoms. The molecular formula is C25H22ClI2N4NaO10S2. The summed E-state index contributed by atoms with van der Waals surface area (Å²) in [6, 6.07) is 19.9. The summed E-state index contributed by atoms with van der Waals surface area (Å²) < 4.78 is 52.3. The second-order valence-corrected chi connectivity index (χ2v) is 13.8. The number of sulfonamides is 2. The van der Waals surface area contributed by atoms with E-state index in [0.717, 1.165) is 37.5 Å². The Morgan fingerprint density at radius 1 is 0.711 bits per heavy atom. The third-order valence-corrected chi connectivity index (χ3v) is 8.36. The molecular weight excluding hydrogens is 893 g/mol. The van der Waals surface area contributed by atoms with E-state index in [1.54, 1.807) is 36.4 Å². The van der Waals surface area contributed by atoms with Crippen LogP contribution >= 0.6 is 56.8 Å². The van der Waals surface area contributed by atoms with Gasteiger partial charge in [0.05, 0.1) is 14.9 Å². The summed E-state index contributed by atoms with van der Waals surface area (Å²) >= 11 is 9.68. The topological polar surface area (TPSA) is 239 Å². The Morgan fingerprint density at radius 3 is 1.60 bits per heavy atom. The zero-order chi connectivity index (χ0) is 32.5. The molecule has 0 atom stereocenters. The van der Waals surface area contributed by atoms with Gasteiger partial charge in [-0.15, -0.1) is 5.75 Å². The van der Waals surface area contributed by atoms with Crippen molar-refractivity contribution in [2.24, 2.45) is 10.3 Å². The van der Waals surface area contributed by atoms with Crippen molar-refractivity contribution in [2.75, 3.05) is 0 Å². The number of hydrogen-bond donors (Lipinski definition) is 2. The number of ether oxygens (including phenoxy) is 1. The molecule has 236 valence electrons. The molecule has 0 saturated heterocycles. The fourth-order valence-electron chi connectivity index (χ4n) is 2.87. The van der Waals surface area contributed by atoms with Gasteiger partial charge in [0, 0.05) is 31.4 Å². The minimum Gasteiger partial charge on any atom is -0.872 e. The van der Waals surface area contributed by atoms with E-state index in [4.69, 9.17) is 26.6 Å². The number of nitro benzene ring substituents is 2. The summed E-state index contributed by atoms with van der Waals surface area (Å²) in [5.74, 6) is 0.419. The van der Waals surface area contributed by atoms with Crippen LogP contribution in [0.5, 0.6) is 17.2 Å². The van der Waals surface area contributed by atoms with Gasteiger partial charge < -0.3 is 9.84 Å². The maximum absolute atomic E-state index is 11.6. The molecule has 0 fully saturated rings. The van der Waals surface area contributed by atoms with Crippen LogP contribution in [0.15, 0.2) is 94.7 Å². The van der Waals surface area contributed by atoms with Gasteiger partial charge in [-0.25, -0.2) is 27.1 Å². The van der Waals surface area contributed by atoms with E-state index in [1.165, 1.54) is 6.07 Å². The molecule has 4 aromatic rings. The molecule has 0 spiro atoms. The van der Waals surface area contributed by atoms with Crippen molar-refractivity contribution in [3.63, 3.8) is 0 Å². The van der Waals surface area contributed by atoms with E-state index in [9.17, 15) is 42.2 Å². The average molecular weight is 915 g/mol. The number of rotatable bonds is 6. The molecule has 0 bridgehead atoms. The predicted octanol–water partition coefficient (Wildman–Crippen LogP) is 2.54. The third kappa shape index (κ3) is 14.4. The number of benzene rings is 4. The van der Waals surface area contributed by atoms with Crippen molar-refractivity contribution in [1.82, 2.24) is 0 Å². The van der Waals surface area contributed by atoms with E-state index in [-0.39, 0.29) is 64.9 Å². The van der Waals surface area contributed by atoms with Gasteiger partial charge in [0.15, 0.2) is 0 Å². The number of primary sulfonamides is 2. The summed E-state index contributed by atoms with van der Waals surface area (Å²) in [6.45, 7) is 0. The van der Waals surface area contributed by atoms with Crippen LogP contribution in [-0.4, -0.2) is 26.7 Å². The minimum atomic E-state index is -4.15. The normalized spacial score (nSPS) is 10.3. The van der Waals surface area contributed by atoms with Gasteiger partial charge in [-0.2, -0.15) is 0 Å². The molecule has 0 aliphatic rings. The molecule has 4 rings (SSSR count). The van der Waals surface area contributed by atoms with Crippen LogP contribution < -0.4 is 49.7 Å². The van der Waals surface area contributed by atoms with Crippen LogP contribution in [0, 0.1) is 27.4 Å². The first-order chi connectivity index (χ1) is 19.9. The Kier molecular flexibility index (Phi) is 18.0. The van der Waals surface area contributed by atoms with E-state index in [0.29, 0.717) is 5.75 Å². The summed E-state index contributed by atoms with van der Waals surface area (Å²) in [5.41, 5.74) is -0.757. The Morgan fingerprint density at radius 2 is 1.18 bits per heavy atom. The summed E-state index contributed by atoms with van der Waals surface area (Å²) in [4.78, 5) is 18.7. The first kappa shape index (κ1) is 42.9. The largest absolute Gasteiger partial charge is 1.00 e. The van der Waals surface area contributed by atoms with Crippen molar-refractivity contribution < 1.29 is 66.1 Å². The van der Waals surface area contributed by atoms with E-state index in [1.807, 2.05) is 12.1 Å². The maximum Gasteiger partial charge on any atom is 1.00 e. The van der Waals surface area contributed by atoms with Crippen molar-refractivity contribution >= 4 is 88.2 Å². The number of nitrogens with zero attached hydrogens (tertiary/aromatic N) is 2. The molecule has 14 nitrogen and oxygen atoms in total. The van der Waals surface area contributed by atoms with Gasteiger partial charge in [0.25, 0.3) is 11.4 Å². The molecule has 0 aromatic heterocycles. The number of halogens is 3. The molecule has 0 heterocycles. The second-order valence-electron chi connectivity index (χ2n) is 7.87. The molecule has 0 aliphatic carbocycles. The second kappa shape index (κ2) is 18.9. The van der Waals surface area contributed by atoms with Crippen molar-refractivity contribution in [3.8, 4) is 17.2 Å². The van der Waals surface area contributed by atoms with Crippen LogP contribution in [0.4, 0.5) is 11.4 Å². The Labute approximate surface area is 313 Å². The Bertz CT molecular complexity index is 1870. The van der Waals surface area contributed by atoms with E-state index >= 15 is 0 Å².